The first-order valence-electron chi connectivity index (χ1n) is 6.29. The molecular weight excluding hydrogens is 216 g/mol. The van der Waals surface area contributed by atoms with E-state index in [-0.39, 0.29) is 11.8 Å². The van der Waals surface area contributed by atoms with E-state index in [1.165, 1.54) is 0 Å². The van der Waals surface area contributed by atoms with Crippen molar-refractivity contribution < 1.29 is 9.59 Å². The molecule has 0 aromatic heterocycles. The Morgan fingerprint density at radius 2 is 1.94 bits per heavy atom. The summed E-state index contributed by atoms with van der Waals surface area (Å²) in [6.07, 6.45) is 5.06. The van der Waals surface area contributed by atoms with Crippen LogP contribution in [0.5, 0.6) is 0 Å². The van der Waals surface area contributed by atoms with Gasteiger partial charge in [-0.15, -0.1) is 0 Å². The van der Waals surface area contributed by atoms with Gasteiger partial charge in [-0.2, -0.15) is 0 Å². The zero-order chi connectivity index (χ0) is 12.8. The number of likely N-dealkylation sites (tertiary alicyclic amines) is 1. The second kappa shape index (κ2) is 6.42. The SMILES string of the molecule is CC/C=C(/C)C(=O)N1CCC(CC(N)=O)CC1. The number of carbonyl (C=O) groups is 2. The monoisotopic (exact) mass is 238 g/mol. The molecule has 1 aliphatic rings. The van der Waals surface area contributed by atoms with Gasteiger partial charge < -0.3 is 10.6 Å². The molecule has 0 atom stereocenters. The van der Waals surface area contributed by atoms with E-state index in [1.54, 1.807) is 0 Å². The van der Waals surface area contributed by atoms with Crippen molar-refractivity contribution in [1.82, 2.24) is 4.90 Å². The molecule has 1 saturated heterocycles. The molecular formula is C13H22N2O2. The molecule has 17 heavy (non-hydrogen) atoms. The van der Waals surface area contributed by atoms with E-state index in [1.807, 2.05) is 24.8 Å². The van der Waals surface area contributed by atoms with Gasteiger partial charge in [-0.1, -0.05) is 13.0 Å². The fraction of sp³-hybridized carbons (Fsp3) is 0.692. The molecule has 0 spiro atoms. The number of hydrogen-bond donors (Lipinski definition) is 1. The lowest BCUT2D eigenvalue weighted by Gasteiger charge is -2.31. The molecule has 0 unspecified atom stereocenters. The minimum absolute atomic E-state index is 0.129. The smallest absolute Gasteiger partial charge is 0.249 e. The molecule has 4 nitrogen and oxygen atoms in total. The highest BCUT2D eigenvalue weighted by Crippen LogP contribution is 2.21. The normalized spacial score (nSPS) is 18.2. The summed E-state index contributed by atoms with van der Waals surface area (Å²) in [6.45, 7) is 5.37. The van der Waals surface area contributed by atoms with Gasteiger partial charge in [0.25, 0.3) is 0 Å². The summed E-state index contributed by atoms with van der Waals surface area (Å²) in [7, 11) is 0. The molecule has 0 aromatic rings. The standard InChI is InChI=1S/C13H22N2O2/c1-3-4-10(2)13(17)15-7-5-11(6-8-15)9-12(14)16/h4,11H,3,5-9H2,1-2H3,(H2,14,16)/b10-4-. The Bertz CT molecular complexity index is 315. The van der Waals surface area contributed by atoms with E-state index in [9.17, 15) is 9.59 Å². The van der Waals surface area contributed by atoms with Crippen molar-refractivity contribution >= 4 is 11.8 Å². The third kappa shape index (κ3) is 4.21. The van der Waals surface area contributed by atoms with Crippen LogP contribution in [-0.4, -0.2) is 29.8 Å². The van der Waals surface area contributed by atoms with Crippen LogP contribution in [0.25, 0.3) is 0 Å². The fourth-order valence-corrected chi connectivity index (χ4v) is 2.27. The lowest BCUT2D eigenvalue weighted by molar-refractivity contribution is -0.128. The third-order valence-corrected chi connectivity index (χ3v) is 3.24. The van der Waals surface area contributed by atoms with E-state index < -0.39 is 0 Å². The number of hydrogen-bond acceptors (Lipinski definition) is 2. The van der Waals surface area contributed by atoms with Crippen LogP contribution in [0.4, 0.5) is 0 Å². The van der Waals surface area contributed by atoms with Gasteiger partial charge in [-0.05, 0) is 32.1 Å². The highest BCUT2D eigenvalue weighted by molar-refractivity contribution is 5.92. The van der Waals surface area contributed by atoms with Gasteiger partial charge in [0.1, 0.15) is 0 Å². The van der Waals surface area contributed by atoms with Crippen LogP contribution in [0.15, 0.2) is 11.6 Å². The van der Waals surface area contributed by atoms with Gasteiger partial charge in [0, 0.05) is 25.1 Å². The summed E-state index contributed by atoms with van der Waals surface area (Å²) >= 11 is 0. The van der Waals surface area contributed by atoms with Crippen molar-refractivity contribution in [3.63, 3.8) is 0 Å². The first-order chi connectivity index (χ1) is 8.04. The fourth-order valence-electron chi connectivity index (χ4n) is 2.27. The predicted octanol–water partition coefficient (Wildman–Crippen LogP) is 1.46. The number of piperidine rings is 1. The second-order valence-electron chi connectivity index (χ2n) is 4.70. The third-order valence-electron chi connectivity index (χ3n) is 3.24. The number of nitrogens with two attached hydrogens (primary N) is 1. The molecule has 1 rings (SSSR count). The van der Waals surface area contributed by atoms with Gasteiger partial charge in [-0.25, -0.2) is 0 Å². The van der Waals surface area contributed by atoms with Crippen LogP contribution in [-0.2, 0) is 9.59 Å². The zero-order valence-corrected chi connectivity index (χ0v) is 10.7. The minimum atomic E-state index is -0.239. The minimum Gasteiger partial charge on any atom is -0.370 e. The summed E-state index contributed by atoms with van der Waals surface area (Å²) in [5.74, 6) is 0.244. The number of amides is 2. The Hall–Kier alpha value is -1.32. The second-order valence-corrected chi connectivity index (χ2v) is 4.70. The lowest BCUT2D eigenvalue weighted by Crippen LogP contribution is -2.39. The van der Waals surface area contributed by atoms with Crippen molar-refractivity contribution in [1.29, 1.82) is 0 Å². The zero-order valence-electron chi connectivity index (χ0n) is 10.7. The maximum Gasteiger partial charge on any atom is 0.249 e. The topological polar surface area (TPSA) is 63.4 Å². The molecule has 0 saturated carbocycles. The summed E-state index contributed by atoms with van der Waals surface area (Å²) < 4.78 is 0. The van der Waals surface area contributed by atoms with Crippen LogP contribution in [0.3, 0.4) is 0 Å². The van der Waals surface area contributed by atoms with E-state index in [0.29, 0.717) is 12.3 Å². The Kier molecular flexibility index (Phi) is 5.19. The van der Waals surface area contributed by atoms with Crippen molar-refractivity contribution in [2.45, 2.75) is 39.5 Å². The van der Waals surface area contributed by atoms with Crippen LogP contribution in [0.2, 0.25) is 0 Å². The molecule has 0 aliphatic carbocycles. The maximum atomic E-state index is 12.0. The van der Waals surface area contributed by atoms with E-state index in [4.69, 9.17) is 5.73 Å². The lowest BCUT2D eigenvalue weighted by atomic mass is 9.93. The van der Waals surface area contributed by atoms with Crippen LogP contribution >= 0.6 is 0 Å². The Labute approximate surface area is 103 Å². The quantitative estimate of drug-likeness (QED) is 0.754. The van der Waals surface area contributed by atoms with Gasteiger partial charge in [0.2, 0.25) is 11.8 Å². The van der Waals surface area contributed by atoms with Crippen LogP contribution in [0.1, 0.15) is 39.5 Å². The van der Waals surface area contributed by atoms with Crippen LogP contribution < -0.4 is 5.73 Å². The molecule has 1 fully saturated rings. The largest absolute Gasteiger partial charge is 0.370 e. The number of nitrogens with zero attached hydrogens (tertiary/aromatic N) is 1. The number of rotatable bonds is 4. The first-order valence-corrected chi connectivity index (χ1v) is 6.29. The van der Waals surface area contributed by atoms with E-state index in [2.05, 4.69) is 0 Å². The van der Waals surface area contributed by atoms with Crippen molar-refractivity contribution in [3.8, 4) is 0 Å². The summed E-state index contributed by atoms with van der Waals surface area (Å²) in [6, 6.07) is 0. The number of allylic oxidation sites excluding steroid dienone is 1. The van der Waals surface area contributed by atoms with E-state index in [0.717, 1.165) is 37.9 Å². The van der Waals surface area contributed by atoms with Gasteiger partial charge in [0.15, 0.2) is 0 Å². The average molecular weight is 238 g/mol. The van der Waals surface area contributed by atoms with Crippen molar-refractivity contribution in [2.24, 2.45) is 11.7 Å². The van der Waals surface area contributed by atoms with Gasteiger partial charge in [0.05, 0.1) is 0 Å². The summed E-state index contributed by atoms with van der Waals surface area (Å²) in [4.78, 5) is 24.7. The van der Waals surface area contributed by atoms with Gasteiger partial charge >= 0.3 is 0 Å². The van der Waals surface area contributed by atoms with Crippen LogP contribution in [0, 0.1) is 5.92 Å². The van der Waals surface area contributed by atoms with Gasteiger partial charge in [-0.3, -0.25) is 9.59 Å². The Balaban J connectivity index is 2.44. The Morgan fingerprint density at radius 1 is 1.35 bits per heavy atom. The molecule has 2 N–H and O–H groups in total. The molecule has 0 radical (unpaired) electrons. The highest BCUT2D eigenvalue weighted by Gasteiger charge is 2.24. The molecule has 2 amide bonds. The Morgan fingerprint density at radius 3 is 2.41 bits per heavy atom. The van der Waals surface area contributed by atoms with E-state index >= 15 is 0 Å². The summed E-state index contributed by atoms with van der Waals surface area (Å²) in [5.41, 5.74) is 6.00. The average Bonchev–Trinajstić information content (AvgIpc) is 2.28. The summed E-state index contributed by atoms with van der Waals surface area (Å²) in [5, 5.41) is 0. The molecule has 1 aliphatic heterocycles. The van der Waals surface area contributed by atoms with Crippen molar-refractivity contribution in [2.75, 3.05) is 13.1 Å². The molecule has 4 heteroatoms. The number of primary amides is 1. The maximum absolute atomic E-state index is 12.0. The molecule has 96 valence electrons. The molecule has 0 bridgehead atoms. The highest BCUT2D eigenvalue weighted by atomic mass is 16.2. The predicted molar refractivity (Wildman–Crippen MR) is 67.2 cm³/mol. The first kappa shape index (κ1) is 13.7. The van der Waals surface area contributed by atoms with Crippen molar-refractivity contribution in [3.05, 3.63) is 11.6 Å². The molecule has 1 heterocycles. The number of carbonyl (C=O) groups excluding carboxylic acids is 2. The molecule has 0 aromatic carbocycles.